The van der Waals surface area contributed by atoms with Crippen LogP contribution in [-0.2, 0) is 4.74 Å². The molecule has 0 saturated carbocycles. The van der Waals surface area contributed by atoms with Crippen LogP contribution in [-0.4, -0.2) is 25.3 Å². The topological polar surface area (TPSA) is 21.3 Å². The Kier molecular flexibility index (Phi) is 1.88. The minimum absolute atomic E-state index is 0.541. The first-order valence-corrected chi connectivity index (χ1v) is 5.75. The number of rotatable bonds is 0. The van der Waals surface area contributed by atoms with Crippen molar-refractivity contribution in [1.29, 1.82) is 0 Å². The molecule has 2 heteroatoms. The molecule has 3 heterocycles. The second kappa shape index (κ2) is 2.96. The molecular weight excluding hydrogens is 162 g/mol. The highest BCUT2D eigenvalue weighted by molar-refractivity contribution is 5.02. The summed E-state index contributed by atoms with van der Waals surface area (Å²) in [6.45, 7) is 2.44. The monoisotopic (exact) mass is 181 g/mol. The molecule has 3 saturated heterocycles. The van der Waals surface area contributed by atoms with Gasteiger partial charge in [0, 0.05) is 12.0 Å². The van der Waals surface area contributed by atoms with Gasteiger partial charge in [-0.25, -0.2) is 0 Å². The Balaban J connectivity index is 1.79. The third-order valence-electron chi connectivity index (χ3n) is 4.18. The molecule has 3 rings (SSSR count). The van der Waals surface area contributed by atoms with E-state index in [2.05, 4.69) is 5.32 Å². The highest BCUT2D eigenvalue weighted by atomic mass is 16.5. The van der Waals surface area contributed by atoms with Crippen LogP contribution in [0, 0.1) is 5.41 Å². The van der Waals surface area contributed by atoms with Crippen molar-refractivity contribution in [3.63, 3.8) is 0 Å². The summed E-state index contributed by atoms with van der Waals surface area (Å²) in [6.07, 6.45) is 9.37. The molecule has 0 radical (unpaired) electrons. The standard InChI is InChI=1S/C11H19NO/c1-2-6-12-8-11(5-1)7-9-3-4-10(11)13-9/h9-10,12H,1-8H2. The van der Waals surface area contributed by atoms with Crippen LogP contribution in [0.3, 0.4) is 0 Å². The Morgan fingerprint density at radius 2 is 2.23 bits per heavy atom. The van der Waals surface area contributed by atoms with Crippen LogP contribution in [0.4, 0.5) is 0 Å². The molecule has 3 aliphatic heterocycles. The van der Waals surface area contributed by atoms with Crippen LogP contribution in [0.2, 0.25) is 0 Å². The lowest BCUT2D eigenvalue weighted by atomic mass is 9.71. The zero-order valence-electron chi connectivity index (χ0n) is 8.22. The third-order valence-corrected chi connectivity index (χ3v) is 4.18. The predicted octanol–water partition coefficient (Wildman–Crippen LogP) is 1.70. The molecule has 1 N–H and O–H groups in total. The average molecular weight is 181 g/mol. The molecular formula is C11H19NO. The summed E-state index contributed by atoms with van der Waals surface area (Å²) in [6, 6.07) is 0. The molecule has 3 unspecified atom stereocenters. The van der Waals surface area contributed by atoms with Gasteiger partial charge < -0.3 is 10.1 Å². The van der Waals surface area contributed by atoms with Crippen molar-refractivity contribution < 1.29 is 4.74 Å². The van der Waals surface area contributed by atoms with E-state index in [9.17, 15) is 0 Å². The number of hydrogen-bond donors (Lipinski definition) is 1. The summed E-state index contributed by atoms with van der Waals surface area (Å²) in [5.74, 6) is 0. The summed E-state index contributed by atoms with van der Waals surface area (Å²) in [5.41, 5.74) is 0.541. The Hall–Kier alpha value is -0.0800. The van der Waals surface area contributed by atoms with E-state index in [1.54, 1.807) is 0 Å². The molecule has 0 amide bonds. The van der Waals surface area contributed by atoms with E-state index >= 15 is 0 Å². The molecule has 2 bridgehead atoms. The van der Waals surface area contributed by atoms with Crippen molar-refractivity contribution in [3.8, 4) is 0 Å². The Labute approximate surface area is 80.0 Å². The minimum Gasteiger partial charge on any atom is -0.374 e. The predicted molar refractivity (Wildman–Crippen MR) is 51.7 cm³/mol. The van der Waals surface area contributed by atoms with Gasteiger partial charge in [-0.05, 0) is 38.6 Å². The van der Waals surface area contributed by atoms with Gasteiger partial charge in [0.2, 0.25) is 0 Å². The molecule has 0 aromatic rings. The zero-order chi connectivity index (χ0) is 8.73. The molecule has 3 fully saturated rings. The molecule has 0 aliphatic carbocycles. The van der Waals surface area contributed by atoms with Gasteiger partial charge in [-0.15, -0.1) is 0 Å². The van der Waals surface area contributed by atoms with Gasteiger partial charge in [-0.2, -0.15) is 0 Å². The van der Waals surface area contributed by atoms with Crippen molar-refractivity contribution in [2.45, 2.75) is 50.7 Å². The van der Waals surface area contributed by atoms with Gasteiger partial charge in [-0.1, -0.05) is 6.42 Å². The molecule has 0 aromatic carbocycles. The molecule has 3 aliphatic rings. The summed E-state index contributed by atoms with van der Waals surface area (Å²) in [5, 5.41) is 3.58. The highest BCUT2D eigenvalue weighted by Gasteiger charge is 2.51. The van der Waals surface area contributed by atoms with Gasteiger partial charge in [0.25, 0.3) is 0 Å². The van der Waals surface area contributed by atoms with Crippen LogP contribution in [0.5, 0.6) is 0 Å². The van der Waals surface area contributed by atoms with Crippen LogP contribution in [0.1, 0.15) is 38.5 Å². The smallest absolute Gasteiger partial charge is 0.0649 e. The number of fused-ring (bicyclic) bond motifs is 3. The van der Waals surface area contributed by atoms with Gasteiger partial charge >= 0.3 is 0 Å². The van der Waals surface area contributed by atoms with Gasteiger partial charge in [0.15, 0.2) is 0 Å². The number of hydrogen-bond acceptors (Lipinski definition) is 2. The van der Waals surface area contributed by atoms with E-state index in [4.69, 9.17) is 4.74 Å². The van der Waals surface area contributed by atoms with E-state index in [-0.39, 0.29) is 0 Å². The quantitative estimate of drug-likeness (QED) is 0.614. The highest BCUT2D eigenvalue weighted by Crippen LogP contribution is 2.50. The Morgan fingerprint density at radius 1 is 1.23 bits per heavy atom. The van der Waals surface area contributed by atoms with E-state index in [1.807, 2.05) is 0 Å². The first-order chi connectivity index (χ1) is 6.39. The maximum absolute atomic E-state index is 5.98. The van der Waals surface area contributed by atoms with Gasteiger partial charge in [0.1, 0.15) is 0 Å². The second-order valence-corrected chi connectivity index (χ2v) is 5.02. The summed E-state index contributed by atoms with van der Waals surface area (Å²) in [4.78, 5) is 0. The van der Waals surface area contributed by atoms with Crippen LogP contribution in [0.15, 0.2) is 0 Å². The van der Waals surface area contributed by atoms with Crippen molar-refractivity contribution >= 4 is 0 Å². The first kappa shape index (κ1) is 8.25. The zero-order valence-corrected chi connectivity index (χ0v) is 8.22. The maximum atomic E-state index is 5.98. The van der Waals surface area contributed by atoms with E-state index in [0.717, 1.165) is 0 Å². The average Bonchev–Trinajstić information content (AvgIpc) is 2.63. The Bertz CT molecular complexity index is 196. The number of ether oxygens (including phenoxy) is 1. The fraction of sp³-hybridized carbons (Fsp3) is 1.00. The number of nitrogens with one attached hydrogen (secondary N) is 1. The van der Waals surface area contributed by atoms with E-state index < -0.39 is 0 Å². The van der Waals surface area contributed by atoms with E-state index in [0.29, 0.717) is 17.6 Å². The van der Waals surface area contributed by atoms with Crippen molar-refractivity contribution in [1.82, 2.24) is 5.32 Å². The maximum Gasteiger partial charge on any atom is 0.0649 e. The minimum atomic E-state index is 0.541. The summed E-state index contributed by atoms with van der Waals surface area (Å²) in [7, 11) is 0. The molecule has 1 spiro atoms. The van der Waals surface area contributed by atoms with Crippen LogP contribution < -0.4 is 5.32 Å². The normalized spacial score (nSPS) is 49.8. The lowest BCUT2D eigenvalue weighted by Crippen LogP contribution is -2.40. The summed E-state index contributed by atoms with van der Waals surface area (Å²) < 4.78 is 5.98. The lowest BCUT2D eigenvalue weighted by Gasteiger charge is -2.34. The first-order valence-electron chi connectivity index (χ1n) is 5.75. The van der Waals surface area contributed by atoms with Crippen molar-refractivity contribution in [3.05, 3.63) is 0 Å². The largest absolute Gasteiger partial charge is 0.374 e. The molecule has 3 atom stereocenters. The van der Waals surface area contributed by atoms with Crippen LogP contribution in [0.25, 0.3) is 0 Å². The fourth-order valence-electron chi connectivity index (χ4n) is 3.49. The molecule has 74 valence electrons. The SMILES string of the molecule is C1CCC2(CNC1)CC1CCC2O1. The molecule has 2 nitrogen and oxygen atoms in total. The lowest BCUT2D eigenvalue weighted by molar-refractivity contribution is 0.0582. The van der Waals surface area contributed by atoms with E-state index in [1.165, 1.54) is 51.6 Å². The van der Waals surface area contributed by atoms with Gasteiger partial charge in [-0.3, -0.25) is 0 Å². The second-order valence-electron chi connectivity index (χ2n) is 5.02. The van der Waals surface area contributed by atoms with Gasteiger partial charge in [0.05, 0.1) is 12.2 Å². The Morgan fingerprint density at radius 3 is 3.00 bits per heavy atom. The molecule has 13 heavy (non-hydrogen) atoms. The third kappa shape index (κ3) is 1.23. The van der Waals surface area contributed by atoms with Crippen molar-refractivity contribution in [2.24, 2.45) is 5.41 Å². The molecule has 0 aromatic heterocycles. The van der Waals surface area contributed by atoms with Crippen LogP contribution >= 0.6 is 0 Å². The fourth-order valence-corrected chi connectivity index (χ4v) is 3.49. The summed E-state index contributed by atoms with van der Waals surface area (Å²) >= 11 is 0. The van der Waals surface area contributed by atoms with Crippen molar-refractivity contribution in [2.75, 3.05) is 13.1 Å².